The molecule has 1 amide bonds. The van der Waals surface area contributed by atoms with E-state index in [1.807, 2.05) is 19.9 Å². The summed E-state index contributed by atoms with van der Waals surface area (Å²) in [7, 11) is 0. The van der Waals surface area contributed by atoms with Crippen molar-refractivity contribution in [1.29, 1.82) is 0 Å². The number of nitrogens with two attached hydrogens (primary N) is 1. The lowest BCUT2D eigenvalue weighted by molar-refractivity contribution is 0.102. The van der Waals surface area contributed by atoms with Gasteiger partial charge in [0.1, 0.15) is 5.82 Å². The molecule has 0 atom stereocenters. The fourth-order valence-electron chi connectivity index (χ4n) is 1.75. The number of aryl methyl sites for hydroxylation is 2. The van der Waals surface area contributed by atoms with Crippen molar-refractivity contribution in [3.05, 3.63) is 41.1 Å². The van der Waals surface area contributed by atoms with Crippen molar-refractivity contribution in [2.24, 2.45) is 0 Å². The minimum absolute atomic E-state index is 0.182. The van der Waals surface area contributed by atoms with Crippen LogP contribution in [0.5, 0.6) is 0 Å². The topological polar surface area (TPSA) is 83.8 Å². The van der Waals surface area contributed by atoms with Gasteiger partial charge in [-0.2, -0.15) is 5.10 Å². The standard InChI is InChI=1S/C13H16N4O/c1-3-9-7-15-17-12(9)16-13(18)11-6-10(14)5-4-8(11)2/h4-7H,3,14H2,1-2H3,(H2,15,16,17,18). The van der Waals surface area contributed by atoms with Crippen molar-refractivity contribution < 1.29 is 4.79 Å². The maximum atomic E-state index is 12.1. The molecule has 0 saturated heterocycles. The first-order valence-electron chi connectivity index (χ1n) is 5.81. The zero-order chi connectivity index (χ0) is 13.1. The number of hydrogen-bond donors (Lipinski definition) is 3. The van der Waals surface area contributed by atoms with Gasteiger partial charge in [-0.15, -0.1) is 0 Å². The van der Waals surface area contributed by atoms with E-state index in [1.54, 1.807) is 18.3 Å². The lowest BCUT2D eigenvalue weighted by atomic mass is 10.1. The Hall–Kier alpha value is -2.30. The minimum atomic E-state index is -0.182. The third kappa shape index (κ3) is 2.34. The molecule has 5 heteroatoms. The number of anilines is 2. The molecule has 0 radical (unpaired) electrons. The lowest BCUT2D eigenvalue weighted by Gasteiger charge is -2.08. The molecule has 2 rings (SSSR count). The Morgan fingerprint density at radius 3 is 3.00 bits per heavy atom. The smallest absolute Gasteiger partial charge is 0.257 e. The summed E-state index contributed by atoms with van der Waals surface area (Å²) in [5.74, 6) is 0.461. The zero-order valence-corrected chi connectivity index (χ0v) is 10.4. The Labute approximate surface area is 105 Å². The van der Waals surface area contributed by atoms with E-state index in [0.717, 1.165) is 17.5 Å². The Morgan fingerprint density at radius 2 is 2.28 bits per heavy atom. The predicted molar refractivity (Wildman–Crippen MR) is 71.5 cm³/mol. The Balaban J connectivity index is 2.25. The highest BCUT2D eigenvalue weighted by Gasteiger charge is 2.12. The van der Waals surface area contributed by atoms with Gasteiger partial charge in [-0.25, -0.2) is 0 Å². The van der Waals surface area contributed by atoms with E-state index in [9.17, 15) is 4.79 Å². The van der Waals surface area contributed by atoms with Crippen LogP contribution < -0.4 is 11.1 Å². The van der Waals surface area contributed by atoms with Gasteiger partial charge >= 0.3 is 0 Å². The molecular formula is C13H16N4O. The second-order valence-corrected chi connectivity index (χ2v) is 4.15. The summed E-state index contributed by atoms with van der Waals surface area (Å²) < 4.78 is 0. The number of H-pyrrole nitrogens is 1. The maximum Gasteiger partial charge on any atom is 0.257 e. The number of nitrogens with one attached hydrogen (secondary N) is 2. The van der Waals surface area contributed by atoms with Gasteiger partial charge in [-0.3, -0.25) is 9.89 Å². The van der Waals surface area contributed by atoms with Gasteiger partial charge in [0.05, 0.1) is 6.20 Å². The summed E-state index contributed by atoms with van der Waals surface area (Å²) in [5, 5.41) is 9.51. The number of aromatic amines is 1. The van der Waals surface area contributed by atoms with Crippen LogP contribution in [0.4, 0.5) is 11.5 Å². The maximum absolute atomic E-state index is 12.1. The van der Waals surface area contributed by atoms with Gasteiger partial charge < -0.3 is 11.1 Å². The molecule has 1 aromatic carbocycles. The van der Waals surface area contributed by atoms with Crippen molar-refractivity contribution >= 4 is 17.4 Å². The molecule has 94 valence electrons. The summed E-state index contributed by atoms with van der Waals surface area (Å²) >= 11 is 0. The molecule has 0 aliphatic heterocycles. The highest BCUT2D eigenvalue weighted by molar-refractivity contribution is 6.05. The summed E-state index contributed by atoms with van der Waals surface area (Å²) in [5.41, 5.74) is 8.71. The van der Waals surface area contributed by atoms with Crippen LogP contribution in [0.3, 0.4) is 0 Å². The Bertz CT molecular complexity index is 574. The first-order chi connectivity index (χ1) is 8.61. The highest BCUT2D eigenvalue weighted by Crippen LogP contribution is 2.16. The zero-order valence-electron chi connectivity index (χ0n) is 10.4. The third-order valence-electron chi connectivity index (χ3n) is 2.84. The quantitative estimate of drug-likeness (QED) is 0.723. The average molecular weight is 244 g/mol. The molecule has 4 N–H and O–H groups in total. The number of aromatic nitrogens is 2. The van der Waals surface area contributed by atoms with E-state index < -0.39 is 0 Å². The summed E-state index contributed by atoms with van der Waals surface area (Å²) in [6.07, 6.45) is 2.52. The largest absolute Gasteiger partial charge is 0.399 e. The Kier molecular flexibility index (Phi) is 3.32. The first-order valence-corrected chi connectivity index (χ1v) is 5.81. The van der Waals surface area contributed by atoms with E-state index in [1.165, 1.54) is 0 Å². The summed E-state index contributed by atoms with van der Waals surface area (Å²) in [4.78, 5) is 12.1. The number of benzene rings is 1. The van der Waals surface area contributed by atoms with Crippen molar-refractivity contribution in [3.8, 4) is 0 Å². The van der Waals surface area contributed by atoms with E-state index in [0.29, 0.717) is 17.1 Å². The first kappa shape index (κ1) is 12.2. The van der Waals surface area contributed by atoms with Crippen LogP contribution in [0.2, 0.25) is 0 Å². The molecule has 0 unspecified atom stereocenters. The van der Waals surface area contributed by atoms with Gasteiger partial charge in [-0.1, -0.05) is 13.0 Å². The van der Waals surface area contributed by atoms with Crippen molar-refractivity contribution in [2.75, 3.05) is 11.1 Å². The number of carbonyl (C=O) groups is 1. The monoisotopic (exact) mass is 244 g/mol. The summed E-state index contributed by atoms with van der Waals surface area (Å²) in [6, 6.07) is 5.28. The van der Waals surface area contributed by atoms with E-state index in [-0.39, 0.29) is 5.91 Å². The minimum Gasteiger partial charge on any atom is -0.399 e. The van der Waals surface area contributed by atoms with Gasteiger partial charge in [0, 0.05) is 16.8 Å². The van der Waals surface area contributed by atoms with Gasteiger partial charge in [0.15, 0.2) is 0 Å². The van der Waals surface area contributed by atoms with E-state index >= 15 is 0 Å². The predicted octanol–water partition coefficient (Wildman–Crippen LogP) is 2.12. The molecule has 0 aliphatic rings. The molecule has 5 nitrogen and oxygen atoms in total. The molecule has 0 fully saturated rings. The van der Waals surface area contributed by atoms with Crippen LogP contribution in [0.25, 0.3) is 0 Å². The molecule has 0 aliphatic carbocycles. The number of nitrogen functional groups attached to an aromatic ring is 1. The SMILES string of the molecule is CCc1cn[nH]c1NC(=O)c1cc(N)ccc1C. The van der Waals surface area contributed by atoms with Crippen LogP contribution in [0.15, 0.2) is 24.4 Å². The van der Waals surface area contributed by atoms with Gasteiger partial charge in [0.2, 0.25) is 0 Å². The van der Waals surface area contributed by atoms with Crippen LogP contribution >= 0.6 is 0 Å². The number of rotatable bonds is 3. The third-order valence-corrected chi connectivity index (χ3v) is 2.84. The molecule has 0 bridgehead atoms. The van der Waals surface area contributed by atoms with Crippen LogP contribution in [0.1, 0.15) is 28.4 Å². The number of amides is 1. The molecule has 18 heavy (non-hydrogen) atoms. The normalized spacial score (nSPS) is 10.3. The lowest BCUT2D eigenvalue weighted by Crippen LogP contribution is -2.15. The fraction of sp³-hybridized carbons (Fsp3) is 0.231. The molecular weight excluding hydrogens is 228 g/mol. The van der Waals surface area contributed by atoms with E-state index in [2.05, 4.69) is 15.5 Å². The highest BCUT2D eigenvalue weighted by atomic mass is 16.1. The molecule has 1 aromatic heterocycles. The van der Waals surface area contributed by atoms with Crippen molar-refractivity contribution in [1.82, 2.24) is 10.2 Å². The number of nitrogens with zero attached hydrogens (tertiary/aromatic N) is 1. The molecule has 2 aromatic rings. The molecule has 0 spiro atoms. The van der Waals surface area contributed by atoms with Crippen LogP contribution in [-0.4, -0.2) is 16.1 Å². The van der Waals surface area contributed by atoms with E-state index in [4.69, 9.17) is 5.73 Å². The number of hydrogen-bond acceptors (Lipinski definition) is 3. The number of carbonyl (C=O) groups excluding carboxylic acids is 1. The average Bonchev–Trinajstić information content (AvgIpc) is 2.79. The second-order valence-electron chi connectivity index (χ2n) is 4.15. The molecule has 0 saturated carbocycles. The molecule has 1 heterocycles. The van der Waals surface area contributed by atoms with Gasteiger partial charge in [-0.05, 0) is 31.0 Å². The second kappa shape index (κ2) is 4.91. The fourth-order valence-corrected chi connectivity index (χ4v) is 1.75. The Morgan fingerprint density at radius 1 is 1.50 bits per heavy atom. The van der Waals surface area contributed by atoms with Crippen molar-refractivity contribution in [3.63, 3.8) is 0 Å². The van der Waals surface area contributed by atoms with Gasteiger partial charge in [0.25, 0.3) is 5.91 Å². The summed E-state index contributed by atoms with van der Waals surface area (Å²) in [6.45, 7) is 3.88. The van der Waals surface area contributed by atoms with Crippen LogP contribution in [-0.2, 0) is 6.42 Å². The van der Waals surface area contributed by atoms with Crippen molar-refractivity contribution in [2.45, 2.75) is 20.3 Å². The van der Waals surface area contributed by atoms with Crippen LogP contribution in [0, 0.1) is 6.92 Å².